The van der Waals surface area contributed by atoms with Gasteiger partial charge in [0, 0.05) is 18.8 Å². The summed E-state index contributed by atoms with van der Waals surface area (Å²) in [5, 5.41) is 3.19. The van der Waals surface area contributed by atoms with Gasteiger partial charge in [-0.15, -0.1) is 0 Å². The monoisotopic (exact) mass is 331 g/mol. The van der Waals surface area contributed by atoms with E-state index in [1.54, 1.807) is 0 Å². The number of rotatable bonds is 9. The second kappa shape index (κ2) is 9.64. The minimum atomic E-state index is 0.895. The summed E-state index contributed by atoms with van der Waals surface area (Å²) >= 11 is 5.27. The molecule has 0 fully saturated rings. The van der Waals surface area contributed by atoms with Crippen LogP contribution in [0.5, 0.6) is 0 Å². The van der Waals surface area contributed by atoms with Gasteiger partial charge in [-0.2, -0.15) is 11.8 Å². The molecule has 0 amide bonds. The van der Waals surface area contributed by atoms with Crippen LogP contribution in [0.2, 0.25) is 0 Å². The maximum atomic E-state index is 4.31. The van der Waals surface area contributed by atoms with Crippen molar-refractivity contribution in [2.45, 2.75) is 12.8 Å². The van der Waals surface area contributed by atoms with Crippen LogP contribution in [0.25, 0.3) is 0 Å². The third-order valence-electron chi connectivity index (χ3n) is 2.75. The first-order chi connectivity index (χ1) is 8.77. The molecule has 0 saturated heterocycles. The van der Waals surface area contributed by atoms with Crippen LogP contribution in [0.3, 0.4) is 0 Å². The molecule has 3 nitrogen and oxygen atoms in total. The van der Waals surface area contributed by atoms with Crippen molar-refractivity contribution in [1.29, 1.82) is 0 Å². The quantitative estimate of drug-likeness (QED) is 0.556. The van der Waals surface area contributed by atoms with Crippen LogP contribution >= 0.6 is 27.7 Å². The lowest BCUT2D eigenvalue weighted by molar-refractivity contribution is 0.659. The zero-order valence-electron chi connectivity index (χ0n) is 11.2. The number of aromatic nitrogens is 1. The summed E-state index contributed by atoms with van der Waals surface area (Å²) in [5.41, 5.74) is 1.22. The highest BCUT2D eigenvalue weighted by molar-refractivity contribution is 9.10. The molecule has 0 aliphatic heterocycles. The van der Waals surface area contributed by atoms with E-state index in [0.29, 0.717) is 0 Å². The highest BCUT2D eigenvalue weighted by Crippen LogP contribution is 2.16. The molecule has 0 aliphatic carbocycles. The topological polar surface area (TPSA) is 28.2 Å². The van der Waals surface area contributed by atoms with Crippen LogP contribution in [0.4, 0.5) is 5.69 Å². The lowest BCUT2D eigenvalue weighted by Crippen LogP contribution is -2.27. The fraction of sp³-hybridized carbons (Fsp3) is 0.615. The molecule has 102 valence electrons. The lowest BCUT2D eigenvalue weighted by atomic mass is 10.2. The van der Waals surface area contributed by atoms with Gasteiger partial charge in [-0.05, 0) is 60.8 Å². The molecule has 0 radical (unpaired) electrons. The number of halogens is 1. The Morgan fingerprint density at radius 3 is 2.78 bits per heavy atom. The van der Waals surface area contributed by atoms with Crippen molar-refractivity contribution < 1.29 is 0 Å². The highest BCUT2D eigenvalue weighted by atomic mass is 79.9. The molecular weight excluding hydrogens is 310 g/mol. The van der Waals surface area contributed by atoms with Gasteiger partial charge < -0.3 is 10.2 Å². The van der Waals surface area contributed by atoms with E-state index < -0.39 is 0 Å². The first-order valence-corrected chi connectivity index (χ1v) is 8.46. The number of pyridine rings is 1. The van der Waals surface area contributed by atoms with E-state index in [-0.39, 0.29) is 0 Å². The van der Waals surface area contributed by atoms with E-state index in [1.807, 2.05) is 31.1 Å². The van der Waals surface area contributed by atoms with E-state index in [4.69, 9.17) is 0 Å². The lowest BCUT2D eigenvalue weighted by Gasteiger charge is -2.24. The van der Waals surface area contributed by atoms with E-state index in [2.05, 4.69) is 43.5 Å². The van der Waals surface area contributed by atoms with Crippen LogP contribution in [-0.4, -0.2) is 43.7 Å². The molecule has 1 aromatic rings. The molecule has 0 bridgehead atoms. The van der Waals surface area contributed by atoms with E-state index in [0.717, 1.165) is 30.0 Å². The van der Waals surface area contributed by atoms with Crippen LogP contribution in [0.15, 0.2) is 22.9 Å². The van der Waals surface area contributed by atoms with Gasteiger partial charge in [-0.1, -0.05) is 0 Å². The first kappa shape index (κ1) is 15.8. The van der Waals surface area contributed by atoms with Crippen LogP contribution in [0, 0.1) is 0 Å². The third-order valence-corrected chi connectivity index (χ3v) is 3.81. The van der Waals surface area contributed by atoms with Gasteiger partial charge in [-0.25, -0.2) is 4.98 Å². The zero-order valence-corrected chi connectivity index (χ0v) is 13.6. The standard InChI is InChI=1S/C13H22BrN3S/c1-15-7-3-4-8-17(9-10-18-2)12-5-6-13(14)16-11-12/h5-6,11,15H,3-4,7-10H2,1-2H3. The van der Waals surface area contributed by atoms with Gasteiger partial charge in [0.25, 0.3) is 0 Å². The van der Waals surface area contributed by atoms with Crippen molar-refractivity contribution in [2.75, 3.05) is 43.6 Å². The normalized spacial score (nSPS) is 10.6. The number of nitrogens with one attached hydrogen (secondary N) is 1. The SMILES string of the molecule is CNCCCCN(CCSC)c1ccc(Br)nc1. The van der Waals surface area contributed by atoms with Crippen LogP contribution in [0.1, 0.15) is 12.8 Å². The number of unbranched alkanes of at least 4 members (excludes halogenated alkanes) is 1. The van der Waals surface area contributed by atoms with Crippen molar-refractivity contribution in [3.05, 3.63) is 22.9 Å². The average molecular weight is 332 g/mol. The molecule has 0 saturated carbocycles. The summed E-state index contributed by atoms with van der Waals surface area (Å²) in [4.78, 5) is 6.73. The van der Waals surface area contributed by atoms with Gasteiger partial charge in [0.1, 0.15) is 4.60 Å². The Bertz CT molecular complexity index is 319. The van der Waals surface area contributed by atoms with Gasteiger partial charge >= 0.3 is 0 Å². The maximum Gasteiger partial charge on any atom is 0.106 e. The Morgan fingerprint density at radius 1 is 1.33 bits per heavy atom. The maximum absolute atomic E-state index is 4.31. The molecule has 18 heavy (non-hydrogen) atoms. The smallest absolute Gasteiger partial charge is 0.106 e. The number of thioether (sulfide) groups is 1. The van der Waals surface area contributed by atoms with Crippen LogP contribution < -0.4 is 10.2 Å². The average Bonchev–Trinajstić information content (AvgIpc) is 2.39. The minimum Gasteiger partial charge on any atom is -0.369 e. The number of anilines is 1. The highest BCUT2D eigenvalue weighted by Gasteiger charge is 2.06. The summed E-state index contributed by atoms with van der Waals surface area (Å²) in [5.74, 6) is 1.15. The predicted molar refractivity (Wildman–Crippen MR) is 85.7 cm³/mol. The minimum absolute atomic E-state index is 0.895. The second-order valence-corrected chi connectivity index (χ2v) is 5.93. The fourth-order valence-electron chi connectivity index (χ4n) is 1.73. The summed E-state index contributed by atoms with van der Waals surface area (Å²) in [6.07, 6.45) is 6.53. The molecule has 0 atom stereocenters. The summed E-state index contributed by atoms with van der Waals surface area (Å²) in [7, 11) is 2.00. The molecule has 1 aromatic heterocycles. The molecule has 0 unspecified atom stereocenters. The Balaban J connectivity index is 2.51. The van der Waals surface area contributed by atoms with E-state index in [9.17, 15) is 0 Å². The number of nitrogens with zero attached hydrogens (tertiary/aromatic N) is 2. The first-order valence-electron chi connectivity index (χ1n) is 6.28. The Hall–Kier alpha value is -0.260. The summed E-state index contributed by atoms with van der Waals surface area (Å²) in [6.45, 7) is 3.28. The molecular formula is C13H22BrN3S. The van der Waals surface area contributed by atoms with Gasteiger partial charge in [0.05, 0.1) is 11.9 Å². The summed E-state index contributed by atoms with van der Waals surface area (Å²) in [6, 6.07) is 4.14. The second-order valence-electron chi connectivity index (χ2n) is 4.13. The molecule has 0 aromatic carbocycles. The van der Waals surface area contributed by atoms with Crippen LogP contribution in [-0.2, 0) is 0 Å². The third kappa shape index (κ3) is 6.07. The molecule has 5 heteroatoms. The van der Waals surface area contributed by atoms with Gasteiger partial charge in [-0.3, -0.25) is 0 Å². The molecule has 1 N–H and O–H groups in total. The molecule has 0 aliphatic rings. The van der Waals surface area contributed by atoms with Gasteiger partial charge in [0.2, 0.25) is 0 Å². The predicted octanol–water partition coefficient (Wildman–Crippen LogP) is 3.01. The largest absolute Gasteiger partial charge is 0.369 e. The fourth-order valence-corrected chi connectivity index (χ4v) is 2.37. The molecule has 0 spiro atoms. The van der Waals surface area contributed by atoms with Gasteiger partial charge in [0.15, 0.2) is 0 Å². The van der Waals surface area contributed by atoms with Crippen molar-refractivity contribution in [3.8, 4) is 0 Å². The Kier molecular flexibility index (Phi) is 8.46. The van der Waals surface area contributed by atoms with Crippen molar-refractivity contribution in [3.63, 3.8) is 0 Å². The number of hydrogen-bond donors (Lipinski definition) is 1. The molecule has 1 rings (SSSR count). The van der Waals surface area contributed by atoms with Crippen molar-refractivity contribution >= 4 is 33.4 Å². The number of hydrogen-bond acceptors (Lipinski definition) is 4. The van der Waals surface area contributed by atoms with Crippen molar-refractivity contribution in [1.82, 2.24) is 10.3 Å². The van der Waals surface area contributed by atoms with E-state index >= 15 is 0 Å². The van der Waals surface area contributed by atoms with E-state index in [1.165, 1.54) is 18.5 Å². The Labute approximate surface area is 123 Å². The zero-order chi connectivity index (χ0) is 13.2. The van der Waals surface area contributed by atoms with Crippen molar-refractivity contribution in [2.24, 2.45) is 0 Å². The summed E-state index contributed by atoms with van der Waals surface area (Å²) < 4.78 is 0.895. The Morgan fingerprint density at radius 2 is 2.17 bits per heavy atom. The molecule has 1 heterocycles.